The number of alkyl halides is 2. The molecule has 0 aliphatic carbocycles. The summed E-state index contributed by atoms with van der Waals surface area (Å²) in [5.41, 5.74) is -2.18. The predicted molar refractivity (Wildman–Crippen MR) is 146 cm³/mol. The molecule has 1 unspecified atom stereocenters. The maximum atomic E-state index is 16.2. The Morgan fingerprint density at radius 2 is 2.02 bits per heavy atom. The van der Waals surface area contributed by atoms with Gasteiger partial charge in [0.15, 0.2) is 35.0 Å². The number of aromatic nitrogens is 4. The third-order valence-electron chi connectivity index (χ3n) is 6.15. The summed E-state index contributed by atoms with van der Waals surface area (Å²) in [5, 5.41) is 16.4. The van der Waals surface area contributed by atoms with E-state index in [1.54, 1.807) is 51.2 Å². The Morgan fingerprint density at radius 1 is 1.32 bits per heavy atom. The van der Waals surface area contributed by atoms with Gasteiger partial charge in [-0.1, -0.05) is 18.2 Å². The lowest BCUT2D eigenvalue weighted by atomic mass is 9.97. The van der Waals surface area contributed by atoms with Crippen molar-refractivity contribution in [1.29, 1.82) is 0 Å². The minimum atomic E-state index is -3.69. The van der Waals surface area contributed by atoms with Crippen molar-refractivity contribution in [2.24, 2.45) is 0 Å². The number of halogens is 2. The molecule has 0 saturated carbocycles. The lowest BCUT2D eigenvalue weighted by Gasteiger charge is -2.30. The predicted octanol–water partition coefficient (Wildman–Crippen LogP) is 3.32. The Balaban J connectivity index is 1.61. The molecule has 1 aromatic carbocycles. The molecule has 1 fully saturated rings. The van der Waals surface area contributed by atoms with Crippen molar-refractivity contribution >= 4 is 41.4 Å². The molecule has 40 heavy (non-hydrogen) atoms. The summed E-state index contributed by atoms with van der Waals surface area (Å²) in [6, 6.07) is 7.32. The zero-order valence-electron chi connectivity index (χ0n) is 22.5. The van der Waals surface area contributed by atoms with Gasteiger partial charge in [0, 0.05) is 7.05 Å². The minimum Gasteiger partial charge on any atom is -0.465 e. The van der Waals surface area contributed by atoms with Crippen LogP contribution in [0.3, 0.4) is 0 Å². The van der Waals surface area contributed by atoms with E-state index in [1.807, 2.05) is 0 Å². The second-order valence-electron chi connectivity index (χ2n) is 9.28. The quantitative estimate of drug-likeness (QED) is 0.220. The van der Waals surface area contributed by atoms with Crippen LogP contribution in [0.25, 0.3) is 11.2 Å². The van der Waals surface area contributed by atoms with Crippen molar-refractivity contribution in [3.63, 3.8) is 0 Å². The molecule has 12 nitrogen and oxygen atoms in total. The van der Waals surface area contributed by atoms with Gasteiger partial charge in [-0.05, 0) is 51.6 Å². The van der Waals surface area contributed by atoms with Crippen LogP contribution in [-0.4, -0.2) is 74.5 Å². The molecular formula is C24H31F2N6O6PS. The van der Waals surface area contributed by atoms with Crippen LogP contribution in [0, 0.1) is 6.92 Å². The number of hydrogen-bond acceptors (Lipinski definition) is 11. The zero-order chi connectivity index (χ0) is 29.3. The van der Waals surface area contributed by atoms with E-state index in [9.17, 15) is 9.90 Å². The van der Waals surface area contributed by atoms with Gasteiger partial charge >= 0.3 is 12.6 Å². The minimum absolute atomic E-state index is 0.126. The molecule has 1 aliphatic rings. The molecule has 16 heteroatoms. The Labute approximate surface area is 234 Å². The Morgan fingerprint density at radius 3 is 2.67 bits per heavy atom. The van der Waals surface area contributed by atoms with Gasteiger partial charge in [0.25, 0.3) is 5.85 Å². The third-order valence-corrected chi connectivity index (χ3v) is 8.63. The molecule has 1 aliphatic heterocycles. The van der Waals surface area contributed by atoms with Gasteiger partial charge in [0.05, 0.1) is 12.9 Å². The van der Waals surface area contributed by atoms with E-state index in [-0.39, 0.29) is 18.0 Å². The van der Waals surface area contributed by atoms with Crippen LogP contribution < -0.4 is 14.9 Å². The fourth-order valence-corrected chi connectivity index (χ4v) is 6.57. The van der Waals surface area contributed by atoms with Crippen LogP contribution >= 0.6 is 6.64 Å². The van der Waals surface area contributed by atoms with E-state index in [0.29, 0.717) is 17.2 Å². The molecule has 1 saturated heterocycles. The Hall–Kier alpha value is -2.81. The molecule has 0 radical (unpaired) electrons. The van der Waals surface area contributed by atoms with Crippen molar-refractivity contribution in [3.8, 4) is 5.75 Å². The van der Waals surface area contributed by atoms with Crippen LogP contribution in [0.2, 0.25) is 0 Å². The first-order chi connectivity index (χ1) is 18.8. The average molecular weight is 601 g/mol. The number of carbonyl (C=O) groups excluding carboxylic acids is 1. The van der Waals surface area contributed by atoms with Gasteiger partial charge in [-0.15, -0.1) is 0 Å². The van der Waals surface area contributed by atoms with Crippen molar-refractivity contribution < 1.29 is 37.2 Å². The van der Waals surface area contributed by atoms with E-state index in [2.05, 4.69) is 25.4 Å². The number of imidazole rings is 1. The summed E-state index contributed by atoms with van der Waals surface area (Å²) >= 11 is 5.57. The number of benzene rings is 1. The standard InChI is InChI=1S/C24H31F2N6O6PS/c1-6-35-20(33)14(2)31-39(40,38-16-10-8-7-9-11-16)36-12-24(26)21(34)23(4,25)22(37-24)32-13-28-17-18(27-5)29-15(3)30-19(17)32/h7-11,13-14,21-22,34H,6,12H2,1-5H3,(H,31,40)(H,27,29,30)/t14-,21+,22-,23-,24-,39?/m1/s1. The first-order valence-electron chi connectivity index (χ1n) is 12.4. The van der Waals surface area contributed by atoms with Crippen LogP contribution in [0.15, 0.2) is 36.7 Å². The Kier molecular flexibility index (Phi) is 8.74. The first kappa shape index (κ1) is 30.2. The number of esters is 1. The van der Waals surface area contributed by atoms with Crippen molar-refractivity contribution in [1.82, 2.24) is 24.6 Å². The lowest BCUT2D eigenvalue weighted by molar-refractivity contribution is -0.202. The molecule has 0 spiro atoms. The van der Waals surface area contributed by atoms with Gasteiger partial charge in [0.1, 0.15) is 24.2 Å². The highest BCUT2D eigenvalue weighted by Crippen LogP contribution is 2.52. The molecule has 2 aromatic heterocycles. The van der Waals surface area contributed by atoms with Gasteiger partial charge < -0.3 is 28.9 Å². The number of para-hydroxylation sites is 1. The largest absolute Gasteiger partial charge is 0.465 e. The normalized spacial score (nSPS) is 26.8. The fraction of sp³-hybridized carbons (Fsp3) is 0.500. The number of nitrogens with zero attached hydrogens (tertiary/aromatic N) is 4. The van der Waals surface area contributed by atoms with E-state index < -0.39 is 49.1 Å². The Bertz CT molecular complexity index is 1420. The molecule has 3 N–H and O–H groups in total. The topological polar surface area (TPSA) is 142 Å². The van der Waals surface area contributed by atoms with Crippen molar-refractivity contribution in [2.45, 2.75) is 57.6 Å². The molecule has 3 aromatic rings. The summed E-state index contributed by atoms with van der Waals surface area (Å²) in [4.78, 5) is 25.0. The number of rotatable bonds is 11. The summed E-state index contributed by atoms with van der Waals surface area (Å²) in [7, 11) is 1.64. The third kappa shape index (κ3) is 5.94. The average Bonchev–Trinajstić information content (AvgIpc) is 3.40. The number of aryl methyl sites for hydroxylation is 1. The highest BCUT2D eigenvalue weighted by atomic mass is 32.5. The van der Waals surface area contributed by atoms with Crippen LogP contribution in [-0.2, 0) is 30.6 Å². The number of aliphatic hydroxyl groups excluding tert-OH is 1. The second kappa shape index (κ2) is 11.6. The van der Waals surface area contributed by atoms with Crippen LogP contribution in [0.5, 0.6) is 5.75 Å². The number of hydrogen-bond donors (Lipinski definition) is 3. The molecule has 6 atom stereocenters. The molecule has 0 amide bonds. The summed E-state index contributed by atoms with van der Waals surface area (Å²) in [6.45, 7) is 1.16. The lowest BCUT2D eigenvalue weighted by Crippen LogP contribution is -2.47. The van der Waals surface area contributed by atoms with Gasteiger partial charge in [-0.25, -0.2) is 28.8 Å². The molecule has 0 bridgehead atoms. The van der Waals surface area contributed by atoms with Gasteiger partial charge in [-0.2, -0.15) is 0 Å². The molecule has 3 heterocycles. The van der Waals surface area contributed by atoms with E-state index >= 15 is 8.78 Å². The highest BCUT2D eigenvalue weighted by Gasteiger charge is 2.65. The van der Waals surface area contributed by atoms with Crippen molar-refractivity contribution in [2.75, 3.05) is 25.6 Å². The zero-order valence-corrected chi connectivity index (χ0v) is 24.2. The summed E-state index contributed by atoms with van der Waals surface area (Å²) in [5.74, 6) is -2.68. The van der Waals surface area contributed by atoms with Crippen LogP contribution in [0.4, 0.5) is 14.6 Å². The number of nitrogens with one attached hydrogen (secondary N) is 2. The number of ether oxygens (including phenoxy) is 2. The molecule has 218 valence electrons. The number of anilines is 1. The molecular weight excluding hydrogens is 569 g/mol. The SMILES string of the molecule is CCOC(=O)[C@@H](C)NP(=S)(OC[C@@]1(F)O[C@@H](n2cnc3c(NC)nc(C)nc32)[C@](C)(F)[C@@H]1O)Oc1ccccc1. The van der Waals surface area contributed by atoms with Gasteiger partial charge in [-0.3, -0.25) is 9.36 Å². The number of carbonyl (C=O) groups is 1. The maximum absolute atomic E-state index is 16.2. The molecule has 4 rings (SSSR count). The van der Waals surface area contributed by atoms with Gasteiger partial charge in [0.2, 0.25) is 0 Å². The summed E-state index contributed by atoms with van der Waals surface area (Å²) < 4.78 is 55.5. The van der Waals surface area contributed by atoms with E-state index in [1.165, 1.54) is 17.8 Å². The van der Waals surface area contributed by atoms with Crippen molar-refractivity contribution in [3.05, 3.63) is 42.5 Å². The maximum Gasteiger partial charge on any atom is 0.323 e. The van der Waals surface area contributed by atoms with E-state index in [4.69, 9.17) is 30.3 Å². The van der Waals surface area contributed by atoms with Crippen LogP contribution in [0.1, 0.15) is 32.8 Å². The monoisotopic (exact) mass is 600 g/mol. The summed E-state index contributed by atoms with van der Waals surface area (Å²) in [6.07, 6.45) is -2.76. The number of aliphatic hydroxyl groups is 1. The highest BCUT2D eigenvalue weighted by molar-refractivity contribution is 8.09. The van der Waals surface area contributed by atoms with E-state index in [0.717, 1.165) is 6.92 Å². The fourth-order valence-electron chi connectivity index (χ4n) is 4.17. The smallest absolute Gasteiger partial charge is 0.323 e. The second-order valence-corrected chi connectivity index (χ2v) is 12.4. The number of fused-ring (bicyclic) bond motifs is 1. The first-order valence-corrected chi connectivity index (χ1v) is 15.0.